The van der Waals surface area contributed by atoms with Gasteiger partial charge in [-0.2, -0.15) is 0 Å². The molecule has 0 unspecified atom stereocenters. The first-order chi connectivity index (χ1) is 14.7. The lowest BCUT2D eigenvalue weighted by atomic mass is 10.1. The topological polar surface area (TPSA) is 60.2 Å². The lowest BCUT2D eigenvalue weighted by Gasteiger charge is -2.24. The van der Waals surface area contributed by atoms with Crippen molar-refractivity contribution in [1.29, 1.82) is 0 Å². The summed E-state index contributed by atoms with van der Waals surface area (Å²) in [5.41, 5.74) is 3.72. The van der Waals surface area contributed by atoms with Gasteiger partial charge in [-0.1, -0.05) is 31.5 Å². The van der Waals surface area contributed by atoms with Crippen molar-refractivity contribution < 1.29 is 9.53 Å². The number of nitrogens with zero attached hydrogens (tertiary/aromatic N) is 4. The molecule has 0 saturated carbocycles. The van der Waals surface area contributed by atoms with Crippen LogP contribution in [0.5, 0.6) is 0 Å². The summed E-state index contributed by atoms with van der Waals surface area (Å²) in [6.07, 6.45) is 4.84. The van der Waals surface area contributed by atoms with Crippen LogP contribution in [0.2, 0.25) is 0 Å². The highest BCUT2D eigenvalue weighted by atomic mass is 16.6. The van der Waals surface area contributed by atoms with Crippen molar-refractivity contribution in [3.05, 3.63) is 35.8 Å². The predicted octanol–water partition coefficient (Wildman–Crippen LogP) is 5.88. The maximum Gasteiger partial charge on any atom is 0.410 e. The van der Waals surface area contributed by atoms with Crippen molar-refractivity contribution in [3.8, 4) is 0 Å². The minimum atomic E-state index is -0.470. The van der Waals surface area contributed by atoms with Gasteiger partial charge in [0.1, 0.15) is 16.9 Å². The predicted molar refractivity (Wildman–Crippen MR) is 126 cm³/mol. The molecule has 0 radical (unpaired) electrons. The fraction of sp³-hybridized carbons (Fsp3) is 0.560. The van der Waals surface area contributed by atoms with E-state index in [1.165, 1.54) is 5.52 Å². The fourth-order valence-electron chi connectivity index (χ4n) is 3.85. The number of ether oxygens (including phenoxy) is 1. The molecule has 0 aliphatic carbocycles. The molecule has 0 spiro atoms. The van der Waals surface area contributed by atoms with Crippen molar-refractivity contribution in [2.45, 2.75) is 78.9 Å². The number of imidazole rings is 1. The second-order valence-corrected chi connectivity index (χ2v) is 9.30. The number of carbonyl (C=O) groups excluding carboxylic acids is 1. The summed E-state index contributed by atoms with van der Waals surface area (Å²) in [6.45, 7) is 11.5. The maximum atomic E-state index is 12.2. The minimum absolute atomic E-state index is 0.267. The van der Waals surface area contributed by atoms with Crippen LogP contribution in [0.25, 0.3) is 21.9 Å². The third-order valence-electron chi connectivity index (χ3n) is 5.42. The number of carbonyl (C=O) groups is 1. The zero-order valence-electron chi connectivity index (χ0n) is 19.9. The molecule has 0 saturated heterocycles. The molecule has 3 aromatic rings. The molecule has 0 atom stereocenters. The monoisotopic (exact) mass is 424 g/mol. The molecule has 0 fully saturated rings. The highest BCUT2D eigenvalue weighted by Gasteiger charge is 2.20. The summed E-state index contributed by atoms with van der Waals surface area (Å²) < 4.78 is 7.83. The van der Waals surface area contributed by atoms with Gasteiger partial charge >= 0.3 is 6.09 Å². The summed E-state index contributed by atoms with van der Waals surface area (Å²) in [6, 6.07) is 8.31. The molecule has 1 aromatic carbocycles. The Morgan fingerprint density at radius 2 is 1.87 bits per heavy atom. The molecule has 0 N–H and O–H groups in total. The van der Waals surface area contributed by atoms with Crippen LogP contribution >= 0.6 is 0 Å². The molecule has 31 heavy (non-hydrogen) atoms. The van der Waals surface area contributed by atoms with Gasteiger partial charge in [0, 0.05) is 31.9 Å². The molecule has 3 rings (SSSR count). The number of benzene rings is 1. The van der Waals surface area contributed by atoms with Crippen molar-refractivity contribution >= 4 is 28.0 Å². The highest BCUT2D eigenvalue weighted by molar-refractivity contribution is 6.03. The molecular formula is C25H36N4O2. The van der Waals surface area contributed by atoms with Crippen LogP contribution in [0.15, 0.2) is 24.3 Å². The summed E-state index contributed by atoms with van der Waals surface area (Å²) in [7, 11) is 1.80. The second-order valence-electron chi connectivity index (χ2n) is 9.30. The normalized spacial score (nSPS) is 11.9. The molecule has 2 aromatic heterocycles. The molecular weight excluding hydrogens is 388 g/mol. The average Bonchev–Trinajstić information content (AvgIpc) is 3.07. The van der Waals surface area contributed by atoms with Gasteiger partial charge in [-0.25, -0.2) is 9.78 Å². The van der Waals surface area contributed by atoms with Crippen LogP contribution in [0.3, 0.4) is 0 Å². The third kappa shape index (κ3) is 5.54. The number of pyridine rings is 1. The summed E-state index contributed by atoms with van der Waals surface area (Å²) in [5, 5.41) is 1.16. The molecule has 2 heterocycles. The van der Waals surface area contributed by atoms with Crippen molar-refractivity contribution in [1.82, 2.24) is 19.4 Å². The number of aryl methyl sites for hydroxylation is 3. The van der Waals surface area contributed by atoms with E-state index in [2.05, 4.69) is 29.7 Å². The Morgan fingerprint density at radius 1 is 1.13 bits per heavy atom. The van der Waals surface area contributed by atoms with Crippen LogP contribution in [0.1, 0.15) is 64.9 Å². The van der Waals surface area contributed by atoms with Gasteiger partial charge in [-0.3, -0.25) is 4.98 Å². The first-order valence-corrected chi connectivity index (χ1v) is 11.4. The molecule has 1 amide bonds. The number of hydrogen-bond donors (Lipinski definition) is 0. The van der Waals surface area contributed by atoms with Crippen LogP contribution in [0.4, 0.5) is 4.79 Å². The van der Waals surface area contributed by atoms with Gasteiger partial charge in [0.2, 0.25) is 0 Å². The van der Waals surface area contributed by atoms with E-state index in [1.54, 1.807) is 11.9 Å². The van der Waals surface area contributed by atoms with Crippen LogP contribution in [-0.2, 0) is 17.7 Å². The number of aromatic nitrogens is 3. The van der Waals surface area contributed by atoms with Crippen LogP contribution in [-0.4, -0.2) is 44.7 Å². The summed E-state index contributed by atoms with van der Waals surface area (Å²) in [4.78, 5) is 23.6. The molecule has 0 aliphatic heterocycles. The first-order valence-electron chi connectivity index (χ1n) is 11.4. The van der Waals surface area contributed by atoms with Crippen molar-refractivity contribution in [3.63, 3.8) is 0 Å². The third-order valence-corrected chi connectivity index (χ3v) is 5.42. The zero-order valence-corrected chi connectivity index (χ0v) is 19.9. The zero-order chi connectivity index (χ0) is 22.6. The van der Waals surface area contributed by atoms with Gasteiger partial charge in [0.05, 0.1) is 16.7 Å². The molecule has 0 bridgehead atoms. The van der Waals surface area contributed by atoms with Crippen molar-refractivity contribution in [2.75, 3.05) is 13.6 Å². The second kappa shape index (κ2) is 9.67. The lowest BCUT2D eigenvalue weighted by molar-refractivity contribution is 0.0296. The maximum absolute atomic E-state index is 12.2. The average molecular weight is 425 g/mol. The Hall–Kier alpha value is -2.63. The summed E-state index contributed by atoms with van der Waals surface area (Å²) in [5.74, 6) is 1.14. The summed E-state index contributed by atoms with van der Waals surface area (Å²) >= 11 is 0. The van der Waals surface area contributed by atoms with Gasteiger partial charge < -0.3 is 14.2 Å². The molecule has 6 nitrogen and oxygen atoms in total. The van der Waals surface area contributed by atoms with E-state index < -0.39 is 5.60 Å². The Kier molecular flexibility index (Phi) is 7.19. The van der Waals surface area contributed by atoms with E-state index in [4.69, 9.17) is 14.7 Å². The number of hydrogen-bond acceptors (Lipinski definition) is 4. The number of para-hydroxylation sites is 1. The molecule has 0 aliphatic rings. The van der Waals surface area contributed by atoms with E-state index in [0.29, 0.717) is 6.54 Å². The number of unbranched alkanes of at least 4 members (excludes halogenated alkanes) is 2. The minimum Gasteiger partial charge on any atom is -0.444 e. The van der Waals surface area contributed by atoms with Gasteiger partial charge in [0.25, 0.3) is 0 Å². The van der Waals surface area contributed by atoms with Crippen molar-refractivity contribution in [2.24, 2.45) is 0 Å². The standard InChI is InChI=1S/C25H36N4O2/c1-7-8-15-21-27-22-18(2)26-20-14-10-9-13-19(20)23(22)29(21)17-12-11-16-28(6)24(30)31-25(3,4)5/h9-10,13-14H,7-8,11-12,15-17H2,1-6H3. The van der Waals surface area contributed by atoms with E-state index in [9.17, 15) is 4.79 Å². The van der Waals surface area contributed by atoms with Gasteiger partial charge in [0.15, 0.2) is 0 Å². The van der Waals surface area contributed by atoms with E-state index in [1.807, 2.05) is 33.8 Å². The highest BCUT2D eigenvalue weighted by Crippen LogP contribution is 2.28. The first kappa shape index (κ1) is 23.0. The largest absolute Gasteiger partial charge is 0.444 e. The number of fused-ring (bicyclic) bond motifs is 3. The quantitative estimate of drug-likeness (QED) is 0.424. The van der Waals surface area contributed by atoms with Crippen LogP contribution < -0.4 is 0 Å². The van der Waals surface area contributed by atoms with Crippen LogP contribution in [0, 0.1) is 6.92 Å². The smallest absolute Gasteiger partial charge is 0.410 e. The molecule has 168 valence electrons. The Morgan fingerprint density at radius 3 is 2.58 bits per heavy atom. The Balaban J connectivity index is 1.79. The Labute approximate surface area is 185 Å². The fourth-order valence-corrected chi connectivity index (χ4v) is 3.85. The van der Waals surface area contributed by atoms with E-state index in [-0.39, 0.29) is 6.09 Å². The number of amides is 1. The SMILES string of the molecule is CCCCc1nc2c(C)nc3ccccc3c2n1CCCCN(C)C(=O)OC(C)(C)C. The van der Waals surface area contributed by atoms with Gasteiger partial charge in [-0.15, -0.1) is 0 Å². The Bertz CT molecular complexity index is 1050. The van der Waals surface area contributed by atoms with E-state index in [0.717, 1.165) is 66.6 Å². The number of rotatable bonds is 8. The van der Waals surface area contributed by atoms with Gasteiger partial charge in [-0.05, 0) is 53.0 Å². The molecule has 6 heteroatoms. The lowest BCUT2D eigenvalue weighted by Crippen LogP contribution is -2.34. The van der Waals surface area contributed by atoms with E-state index >= 15 is 0 Å².